The SMILES string of the molecule is Cc1cnccc1CNc1nc(NN)c(Cl)cc1Cl. The fourth-order valence-corrected chi connectivity index (χ4v) is 2.05. The van der Waals surface area contributed by atoms with Gasteiger partial charge < -0.3 is 10.7 Å². The molecule has 0 radical (unpaired) electrons. The van der Waals surface area contributed by atoms with E-state index in [4.69, 9.17) is 29.0 Å². The van der Waals surface area contributed by atoms with Crippen LogP contribution in [0.25, 0.3) is 0 Å². The summed E-state index contributed by atoms with van der Waals surface area (Å²) >= 11 is 12.0. The molecule has 0 saturated heterocycles. The number of halogens is 2. The Balaban J connectivity index is 2.18. The van der Waals surface area contributed by atoms with Gasteiger partial charge in [-0.15, -0.1) is 0 Å². The average Bonchev–Trinajstić information content (AvgIpc) is 2.39. The number of aryl methyl sites for hydroxylation is 1. The third-order valence-corrected chi connectivity index (χ3v) is 3.23. The summed E-state index contributed by atoms with van der Waals surface area (Å²) in [7, 11) is 0. The molecule has 100 valence electrons. The zero-order valence-electron chi connectivity index (χ0n) is 10.2. The van der Waals surface area contributed by atoms with Gasteiger partial charge in [0.15, 0.2) is 5.82 Å². The maximum atomic E-state index is 6.07. The second-order valence-corrected chi connectivity index (χ2v) is 4.76. The van der Waals surface area contributed by atoms with Gasteiger partial charge in [0.25, 0.3) is 0 Å². The van der Waals surface area contributed by atoms with Crippen LogP contribution < -0.4 is 16.6 Å². The van der Waals surface area contributed by atoms with Crippen LogP contribution in [0.3, 0.4) is 0 Å². The monoisotopic (exact) mass is 297 g/mol. The van der Waals surface area contributed by atoms with E-state index in [1.165, 1.54) is 0 Å². The first kappa shape index (κ1) is 13.9. The summed E-state index contributed by atoms with van der Waals surface area (Å²) in [6, 6.07) is 3.53. The highest BCUT2D eigenvalue weighted by Crippen LogP contribution is 2.28. The Hall–Kier alpha value is -1.56. The number of nitrogens with zero attached hydrogens (tertiary/aromatic N) is 2. The smallest absolute Gasteiger partial charge is 0.161 e. The molecule has 0 unspecified atom stereocenters. The van der Waals surface area contributed by atoms with Crippen molar-refractivity contribution in [2.45, 2.75) is 13.5 Å². The Morgan fingerprint density at radius 3 is 2.68 bits per heavy atom. The van der Waals surface area contributed by atoms with Crippen LogP contribution in [0.1, 0.15) is 11.1 Å². The number of nitrogens with two attached hydrogens (primary N) is 1. The lowest BCUT2D eigenvalue weighted by atomic mass is 10.1. The van der Waals surface area contributed by atoms with Crippen LogP contribution in [-0.2, 0) is 6.54 Å². The summed E-state index contributed by atoms with van der Waals surface area (Å²) in [5.74, 6) is 6.22. The van der Waals surface area contributed by atoms with Crippen molar-refractivity contribution in [3.63, 3.8) is 0 Å². The topological polar surface area (TPSA) is 75.9 Å². The summed E-state index contributed by atoms with van der Waals surface area (Å²) in [6.07, 6.45) is 3.55. The Labute approximate surface area is 121 Å². The van der Waals surface area contributed by atoms with Gasteiger partial charge in [0.05, 0.1) is 10.0 Å². The number of hydrogen-bond donors (Lipinski definition) is 3. The van der Waals surface area contributed by atoms with E-state index in [1.54, 1.807) is 18.5 Å². The number of nitrogen functional groups attached to an aromatic ring is 1. The van der Waals surface area contributed by atoms with E-state index in [0.29, 0.717) is 28.2 Å². The van der Waals surface area contributed by atoms with E-state index in [9.17, 15) is 0 Å². The third-order valence-electron chi connectivity index (χ3n) is 2.65. The van der Waals surface area contributed by atoms with E-state index >= 15 is 0 Å². The van der Waals surface area contributed by atoms with Crippen molar-refractivity contribution in [1.29, 1.82) is 0 Å². The average molecular weight is 298 g/mol. The van der Waals surface area contributed by atoms with Gasteiger partial charge in [0.1, 0.15) is 5.82 Å². The maximum Gasteiger partial charge on any atom is 0.161 e. The van der Waals surface area contributed by atoms with Crippen molar-refractivity contribution < 1.29 is 0 Å². The van der Waals surface area contributed by atoms with Gasteiger partial charge in [0.2, 0.25) is 0 Å². The molecule has 0 aliphatic rings. The van der Waals surface area contributed by atoms with Gasteiger partial charge in [-0.25, -0.2) is 10.8 Å². The fourth-order valence-electron chi connectivity index (χ4n) is 1.57. The molecule has 2 heterocycles. The Bertz CT molecular complexity index is 588. The molecule has 0 aromatic carbocycles. The fraction of sp³-hybridized carbons (Fsp3) is 0.167. The minimum absolute atomic E-state index is 0.373. The first-order chi connectivity index (χ1) is 9.11. The van der Waals surface area contributed by atoms with Crippen LogP contribution >= 0.6 is 23.2 Å². The first-order valence-corrected chi connectivity index (χ1v) is 6.33. The number of anilines is 2. The van der Waals surface area contributed by atoms with Gasteiger partial charge in [-0.1, -0.05) is 23.2 Å². The molecule has 19 heavy (non-hydrogen) atoms. The standard InChI is InChI=1S/C12H13Cl2N5/c1-7-5-16-3-2-8(7)6-17-11-9(13)4-10(14)12(18-11)19-15/h2-5H,6,15H2,1H3,(H2,17,18,19). The molecule has 0 amide bonds. The highest BCUT2D eigenvalue weighted by Gasteiger charge is 2.08. The van der Waals surface area contributed by atoms with Gasteiger partial charge in [-0.05, 0) is 30.2 Å². The molecule has 4 N–H and O–H groups in total. The van der Waals surface area contributed by atoms with E-state index in [2.05, 4.69) is 20.7 Å². The quantitative estimate of drug-likeness (QED) is 0.597. The molecule has 2 aromatic heterocycles. The molecular weight excluding hydrogens is 285 g/mol. The molecule has 0 atom stereocenters. The first-order valence-electron chi connectivity index (χ1n) is 5.58. The lowest BCUT2D eigenvalue weighted by molar-refractivity contribution is 1.07. The van der Waals surface area contributed by atoms with E-state index in [-0.39, 0.29) is 0 Å². The van der Waals surface area contributed by atoms with Crippen LogP contribution in [0, 0.1) is 6.92 Å². The van der Waals surface area contributed by atoms with Crippen LogP contribution in [-0.4, -0.2) is 9.97 Å². The highest BCUT2D eigenvalue weighted by molar-refractivity contribution is 6.37. The van der Waals surface area contributed by atoms with Crippen molar-refractivity contribution in [3.05, 3.63) is 45.7 Å². The molecule has 5 nitrogen and oxygen atoms in total. The van der Waals surface area contributed by atoms with Crippen molar-refractivity contribution in [1.82, 2.24) is 9.97 Å². The van der Waals surface area contributed by atoms with Crippen molar-refractivity contribution in [2.75, 3.05) is 10.7 Å². The number of nitrogens with one attached hydrogen (secondary N) is 2. The van der Waals surface area contributed by atoms with Crippen LogP contribution in [0.2, 0.25) is 10.0 Å². The molecule has 0 fully saturated rings. The zero-order valence-corrected chi connectivity index (χ0v) is 11.8. The summed E-state index contributed by atoms with van der Waals surface area (Å²) in [5, 5.41) is 3.96. The van der Waals surface area contributed by atoms with E-state index in [1.807, 2.05) is 13.0 Å². The summed E-state index contributed by atoms with van der Waals surface area (Å²) < 4.78 is 0. The lowest BCUT2D eigenvalue weighted by Crippen LogP contribution is -2.11. The largest absolute Gasteiger partial charge is 0.365 e. The Kier molecular flexibility index (Phi) is 4.42. The van der Waals surface area contributed by atoms with Crippen LogP contribution in [0.5, 0.6) is 0 Å². The molecule has 0 spiro atoms. The third kappa shape index (κ3) is 3.26. The highest BCUT2D eigenvalue weighted by atomic mass is 35.5. The minimum Gasteiger partial charge on any atom is -0.365 e. The minimum atomic E-state index is 0.373. The summed E-state index contributed by atoms with van der Waals surface area (Å²) in [5.41, 5.74) is 4.63. The number of pyridine rings is 2. The van der Waals surface area contributed by atoms with Crippen LogP contribution in [0.15, 0.2) is 24.5 Å². The predicted octanol–water partition coefficient (Wildman–Crippen LogP) is 2.99. The molecule has 0 saturated carbocycles. The second kappa shape index (κ2) is 6.06. The summed E-state index contributed by atoms with van der Waals surface area (Å²) in [6.45, 7) is 2.58. The Morgan fingerprint density at radius 1 is 1.26 bits per heavy atom. The van der Waals surface area contributed by atoms with Crippen LogP contribution in [0.4, 0.5) is 11.6 Å². The number of hydrogen-bond acceptors (Lipinski definition) is 5. The van der Waals surface area contributed by atoms with Crippen molar-refractivity contribution in [2.24, 2.45) is 5.84 Å². The van der Waals surface area contributed by atoms with E-state index < -0.39 is 0 Å². The second-order valence-electron chi connectivity index (χ2n) is 3.95. The number of hydrazine groups is 1. The molecule has 2 aromatic rings. The molecule has 0 aliphatic carbocycles. The number of rotatable bonds is 4. The van der Waals surface area contributed by atoms with Gasteiger partial charge in [-0.3, -0.25) is 4.98 Å². The van der Waals surface area contributed by atoms with Gasteiger partial charge in [-0.2, -0.15) is 0 Å². The number of aromatic nitrogens is 2. The predicted molar refractivity (Wildman–Crippen MR) is 78.4 cm³/mol. The Morgan fingerprint density at radius 2 is 2.00 bits per heavy atom. The zero-order chi connectivity index (χ0) is 13.8. The van der Waals surface area contributed by atoms with Gasteiger partial charge in [0, 0.05) is 18.9 Å². The molecular formula is C12H13Cl2N5. The lowest BCUT2D eigenvalue weighted by Gasteiger charge is -2.11. The molecule has 2 rings (SSSR count). The van der Waals surface area contributed by atoms with Crippen molar-refractivity contribution in [3.8, 4) is 0 Å². The normalized spacial score (nSPS) is 10.3. The maximum absolute atomic E-state index is 6.07. The molecule has 7 heteroatoms. The van der Waals surface area contributed by atoms with Gasteiger partial charge >= 0.3 is 0 Å². The van der Waals surface area contributed by atoms with Crippen molar-refractivity contribution >= 4 is 34.8 Å². The molecule has 0 aliphatic heterocycles. The molecule has 0 bridgehead atoms. The van der Waals surface area contributed by atoms with E-state index in [0.717, 1.165) is 11.1 Å². The summed E-state index contributed by atoms with van der Waals surface area (Å²) in [4.78, 5) is 8.25.